The number of esters is 1. The van der Waals surface area contributed by atoms with Gasteiger partial charge in [0, 0.05) is 12.5 Å². The van der Waals surface area contributed by atoms with Crippen LogP contribution < -0.4 is 4.18 Å². The van der Waals surface area contributed by atoms with Gasteiger partial charge in [-0.3, -0.25) is 4.79 Å². The zero-order chi connectivity index (χ0) is 16.9. The molecule has 1 unspecified atom stereocenters. The summed E-state index contributed by atoms with van der Waals surface area (Å²) in [4.78, 5) is 11.0. The quantitative estimate of drug-likeness (QED) is 0.617. The molecular weight excluding hydrogens is 318 g/mol. The molecule has 0 radical (unpaired) electrons. The lowest BCUT2D eigenvalue weighted by Crippen LogP contribution is -2.10. The van der Waals surface area contributed by atoms with E-state index in [0.29, 0.717) is 5.56 Å². The van der Waals surface area contributed by atoms with Crippen molar-refractivity contribution in [2.75, 3.05) is 0 Å². The second kappa shape index (κ2) is 6.94. The Morgan fingerprint density at radius 1 is 1.13 bits per heavy atom. The largest absolute Gasteiger partial charge is 0.442 e. The lowest BCUT2D eigenvalue weighted by molar-refractivity contribution is -0.144. The number of nitriles is 1. The molecule has 7 heteroatoms. The zero-order valence-corrected chi connectivity index (χ0v) is 13.0. The third kappa shape index (κ3) is 4.31. The van der Waals surface area contributed by atoms with Crippen LogP contribution in [0.5, 0.6) is 5.75 Å². The Labute approximate surface area is 134 Å². The van der Waals surface area contributed by atoms with Gasteiger partial charge in [-0.1, -0.05) is 30.3 Å². The van der Waals surface area contributed by atoms with Crippen LogP contribution in [0.15, 0.2) is 59.5 Å². The summed E-state index contributed by atoms with van der Waals surface area (Å²) in [7, 11) is -3.98. The molecule has 1 atom stereocenters. The number of carbonyl (C=O) groups excluding carboxylic acids is 1. The summed E-state index contributed by atoms with van der Waals surface area (Å²) in [6.45, 7) is 1.19. The van der Waals surface area contributed by atoms with Gasteiger partial charge in [-0.05, 0) is 24.3 Å². The molecule has 0 saturated carbocycles. The zero-order valence-electron chi connectivity index (χ0n) is 12.2. The fourth-order valence-corrected chi connectivity index (χ4v) is 2.77. The van der Waals surface area contributed by atoms with Crippen LogP contribution in [0, 0.1) is 11.3 Å². The minimum absolute atomic E-state index is 0.0159. The highest BCUT2D eigenvalue weighted by Crippen LogP contribution is 2.24. The number of benzene rings is 2. The lowest BCUT2D eigenvalue weighted by atomic mass is 10.1. The Kier molecular flexibility index (Phi) is 4.98. The molecule has 118 valence electrons. The fourth-order valence-electron chi connectivity index (χ4n) is 1.83. The Balaban J connectivity index is 2.27. The van der Waals surface area contributed by atoms with Gasteiger partial charge in [0.15, 0.2) is 0 Å². The van der Waals surface area contributed by atoms with Crippen LogP contribution >= 0.6 is 0 Å². The van der Waals surface area contributed by atoms with Crippen molar-refractivity contribution in [2.45, 2.75) is 17.9 Å². The lowest BCUT2D eigenvalue weighted by Gasteiger charge is -2.12. The Morgan fingerprint density at radius 2 is 1.83 bits per heavy atom. The fraction of sp³-hybridized carbons (Fsp3) is 0.125. The summed E-state index contributed by atoms with van der Waals surface area (Å²) in [5.41, 5.74) is 0.323. The summed E-state index contributed by atoms with van der Waals surface area (Å²) in [5.74, 6) is -0.585. The van der Waals surface area contributed by atoms with Crippen molar-refractivity contribution in [1.82, 2.24) is 0 Å². The van der Waals surface area contributed by atoms with Gasteiger partial charge < -0.3 is 8.92 Å². The van der Waals surface area contributed by atoms with Gasteiger partial charge in [0.1, 0.15) is 16.7 Å². The molecule has 0 saturated heterocycles. The van der Waals surface area contributed by atoms with Crippen LogP contribution in [0.3, 0.4) is 0 Å². The molecule has 0 heterocycles. The number of hydrogen-bond acceptors (Lipinski definition) is 6. The third-order valence-electron chi connectivity index (χ3n) is 2.80. The molecule has 0 aromatic heterocycles. The number of carbonyl (C=O) groups is 1. The second-order valence-corrected chi connectivity index (χ2v) is 6.09. The van der Waals surface area contributed by atoms with Gasteiger partial charge in [0.05, 0.1) is 0 Å². The number of nitrogens with zero attached hydrogens (tertiary/aromatic N) is 1. The summed E-state index contributed by atoms with van der Waals surface area (Å²) in [6.07, 6.45) is -1.13. The molecule has 2 aromatic carbocycles. The van der Waals surface area contributed by atoms with Crippen molar-refractivity contribution in [2.24, 2.45) is 0 Å². The molecule has 0 fully saturated rings. The van der Waals surface area contributed by atoms with E-state index in [1.165, 1.54) is 37.3 Å². The van der Waals surface area contributed by atoms with E-state index in [2.05, 4.69) is 0 Å². The minimum atomic E-state index is -3.98. The van der Waals surface area contributed by atoms with Crippen molar-refractivity contribution in [3.8, 4) is 11.8 Å². The average molecular weight is 331 g/mol. The molecule has 2 aromatic rings. The highest BCUT2D eigenvalue weighted by Gasteiger charge is 2.18. The molecular formula is C16H13NO5S. The molecule has 0 spiro atoms. The van der Waals surface area contributed by atoms with Gasteiger partial charge in [0.2, 0.25) is 6.10 Å². The van der Waals surface area contributed by atoms with Gasteiger partial charge >= 0.3 is 16.1 Å². The number of hydrogen-bond donors (Lipinski definition) is 0. The highest BCUT2D eigenvalue weighted by molar-refractivity contribution is 7.87. The van der Waals surface area contributed by atoms with Crippen LogP contribution in [-0.2, 0) is 19.6 Å². The van der Waals surface area contributed by atoms with E-state index >= 15 is 0 Å². The number of rotatable bonds is 5. The SMILES string of the molecule is CC(=O)OC(C#N)c1cccc(OS(=O)(=O)c2ccccc2)c1. The average Bonchev–Trinajstić information content (AvgIpc) is 2.53. The van der Waals surface area contributed by atoms with Gasteiger partial charge in [0.25, 0.3) is 0 Å². The van der Waals surface area contributed by atoms with Gasteiger partial charge in [-0.2, -0.15) is 13.7 Å². The molecule has 0 aliphatic heterocycles. The first-order valence-corrected chi connectivity index (χ1v) is 7.99. The third-order valence-corrected chi connectivity index (χ3v) is 4.06. The Bertz CT molecular complexity index is 840. The van der Waals surface area contributed by atoms with Crippen LogP contribution in [0.4, 0.5) is 0 Å². The van der Waals surface area contributed by atoms with Crippen molar-refractivity contribution in [1.29, 1.82) is 5.26 Å². The molecule has 0 amide bonds. The topological polar surface area (TPSA) is 93.5 Å². The van der Waals surface area contributed by atoms with E-state index in [0.717, 1.165) is 0 Å². The molecule has 0 bridgehead atoms. The van der Waals surface area contributed by atoms with Crippen LogP contribution in [0.2, 0.25) is 0 Å². The summed E-state index contributed by atoms with van der Waals surface area (Å²) >= 11 is 0. The van der Waals surface area contributed by atoms with Crippen molar-refractivity contribution < 1.29 is 22.1 Å². The summed E-state index contributed by atoms with van der Waals surface area (Å²) in [5, 5.41) is 9.04. The molecule has 0 N–H and O–H groups in total. The minimum Gasteiger partial charge on any atom is -0.442 e. The van der Waals surface area contributed by atoms with E-state index in [9.17, 15) is 13.2 Å². The normalized spacial score (nSPS) is 12.0. The van der Waals surface area contributed by atoms with E-state index in [1.54, 1.807) is 24.3 Å². The monoisotopic (exact) mass is 331 g/mol. The van der Waals surface area contributed by atoms with Crippen molar-refractivity contribution in [3.05, 3.63) is 60.2 Å². The standard InChI is InChI=1S/C16H13NO5S/c1-12(18)21-16(11-17)13-6-5-7-14(10-13)22-23(19,20)15-8-3-2-4-9-15/h2-10,16H,1H3. The van der Waals surface area contributed by atoms with E-state index in [1.807, 2.05) is 6.07 Å². The first kappa shape index (κ1) is 16.5. The first-order chi connectivity index (χ1) is 10.9. The van der Waals surface area contributed by atoms with E-state index < -0.39 is 22.2 Å². The van der Waals surface area contributed by atoms with Crippen molar-refractivity contribution >= 4 is 16.1 Å². The second-order valence-electron chi connectivity index (χ2n) is 4.54. The summed E-state index contributed by atoms with van der Waals surface area (Å²) < 4.78 is 34.2. The Hall–Kier alpha value is -2.85. The predicted molar refractivity (Wildman–Crippen MR) is 80.8 cm³/mol. The maximum Gasteiger partial charge on any atom is 0.339 e. The molecule has 23 heavy (non-hydrogen) atoms. The van der Waals surface area contributed by atoms with Gasteiger partial charge in [-0.15, -0.1) is 0 Å². The summed E-state index contributed by atoms with van der Waals surface area (Å²) in [6, 6.07) is 15.3. The van der Waals surface area contributed by atoms with Crippen molar-refractivity contribution in [3.63, 3.8) is 0 Å². The molecule has 0 aliphatic carbocycles. The first-order valence-electron chi connectivity index (χ1n) is 6.59. The highest BCUT2D eigenvalue weighted by atomic mass is 32.2. The molecule has 0 aliphatic rings. The van der Waals surface area contributed by atoms with Crippen LogP contribution in [0.25, 0.3) is 0 Å². The molecule has 2 rings (SSSR count). The maximum absolute atomic E-state index is 12.2. The maximum atomic E-state index is 12.2. The smallest absolute Gasteiger partial charge is 0.339 e. The van der Waals surface area contributed by atoms with Gasteiger partial charge in [-0.25, -0.2) is 0 Å². The van der Waals surface area contributed by atoms with E-state index in [4.69, 9.17) is 14.2 Å². The van der Waals surface area contributed by atoms with E-state index in [-0.39, 0.29) is 10.6 Å². The predicted octanol–water partition coefficient (Wildman–Crippen LogP) is 2.58. The molecule has 6 nitrogen and oxygen atoms in total. The van der Waals surface area contributed by atoms with Crippen LogP contribution in [0.1, 0.15) is 18.6 Å². The number of ether oxygens (including phenoxy) is 1. The van der Waals surface area contributed by atoms with Crippen LogP contribution in [-0.4, -0.2) is 14.4 Å². The Morgan fingerprint density at radius 3 is 2.43 bits per heavy atom.